The molecular weight excluding hydrogens is 381 g/mol. The standard InChI is InChI=1S/C18H25F3N2O3S/c1-11(2)27(25,26)10-18(24)23-5-3-12(4-6-23)17(22)8-13-7-15(20)16(21)9-14(13)19/h7,9,11-12,17H,3-6,8,10,22H2,1-2H3/t17-/m1/s1. The number of carbonyl (C=O) groups excluding carboxylic acids is 1. The van der Waals surface area contributed by atoms with Crippen LogP contribution in [0.4, 0.5) is 13.2 Å². The molecule has 0 saturated carbocycles. The van der Waals surface area contributed by atoms with E-state index in [9.17, 15) is 26.4 Å². The highest BCUT2D eigenvalue weighted by Gasteiger charge is 2.30. The summed E-state index contributed by atoms with van der Waals surface area (Å²) < 4.78 is 63.9. The number of carbonyl (C=O) groups is 1. The minimum Gasteiger partial charge on any atom is -0.342 e. The van der Waals surface area contributed by atoms with Crippen molar-refractivity contribution in [1.82, 2.24) is 4.90 Å². The van der Waals surface area contributed by atoms with Gasteiger partial charge in [0.25, 0.3) is 0 Å². The number of amides is 1. The minimum atomic E-state index is -3.45. The largest absolute Gasteiger partial charge is 0.342 e. The van der Waals surface area contributed by atoms with E-state index in [2.05, 4.69) is 0 Å². The highest BCUT2D eigenvalue weighted by molar-refractivity contribution is 7.92. The Labute approximate surface area is 157 Å². The predicted molar refractivity (Wildman–Crippen MR) is 96.2 cm³/mol. The van der Waals surface area contributed by atoms with Gasteiger partial charge >= 0.3 is 0 Å². The van der Waals surface area contributed by atoms with Crippen LogP contribution in [0.2, 0.25) is 0 Å². The molecule has 0 bridgehead atoms. The highest BCUT2D eigenvalue weighted by atomic mass is 32.2. The summed E-state index contributed by atoms with van der Waals surface area (Å²) in [6, 6.07) is 0.856. The quantitative estimate of drug-likeness (QED) is 0.733. The Morgan fingerprint density at radius 3 is 2.26 bits per heavy atom. The highest BCUT2D eigenvalue weighted by Crippen LogP contribution is 2.24. The van der Waals surface area contributed by atoms with E-state index in [4.69, 9.17) is 5.73 Å². The molecule has 0 aromatic heterocycles. The molecule has 0 radical (unpaired) electrons. The normalized spacial score (nSPS) is 17.4. The minimum absolute atomic E-state index is 0.0166. The maximum Gasteiger partial charge on any atom is 0.237 e. The topological polar surface area (TPSA) is 80.5 Å². The molecule has 2 N–H and O–H groups in total. The van der Waals surface area contributed by atoms with Crippen LogP contribution >= 0.6 is 0 Å². The zero-order valence-electron chi connectivity index (χ0n) is 15.4. The van der Waals surface area contributed by atoms with Crippen molar-refractivity contribution in [2.75, 3.05) is 18.8 Å². The third-order valence-corrected chi connectivity index (χ3v) is 7.17. The molecule has 27 heavy (non-hydrogen) atoms. The van der Waals surface area contributed by atoms with Crippen LogP contribution in [-0.2, 0) is 21.1 Å². The molecule has 0 unspecified atom stereocenters. The summed E-state index contributed by atoms with van der Waals surface area (Å²) in [7, 11) is -3.45. The van der Waals surface area contributed by atoms with E-state index in [0.29, 0.717) is 32.0 Å². The summed E-state index contributed by atoms with van der Waals surface area (Å²) in [6.45, 7) is 3.80. The average Bonchev–Trinajstić information content (AvgIpc) is 2.59. The molecule has 5 nitrogen and oxygen atoms in total. The number of halogens is 3. The van der Waals surface area contributed by atoms with Crippen molar-refractivity contribution < 1.29 is 26.4 Å². The Kier molecular flexibility index (Phi) is 6.91. The molecule has 9 heteroatoms. The molecule has 1 aliphatic heterocycles. The predicted octanol–water partition coefficient (Wildman–Crippen LogP) is 2.04. The lowest BCUT2D eigenvalue weighted by molar-refractivity contribution is -0.129. The van der Waals surface area contributed by atoms with Gasteiger partial charge in [0.1, 0.15) is 11.6 Å². The fraction of sp³-hybridized carbons (Fsp3) is 0.611. The van der Waals surface area contributed by atoms with Crippen molar-refractivity contribution in [1.29, 1.82) is 0 Å². The number of rotatable bonds is 6. The lowest BCUT2D eigenvalue weighted by Gasteiger charge is -2.35. The number of nitrogens with two attached hydrogens (primary N) is 1. The second-order valence-corrected chi connectivity index (χ2v) is 9.86. The Balaban J connectivity index is 1.91. The molecule has 1 aromatic carbocycles. The Hall–Kier alpha value is -1.61. The summed E-state index contributed by atoms with van der Waals surface area (Å²) in [5.74, 6) is -4.17. The van der Waals surface area contributed by atoms with Crippen molar-refractivity contribution in [3.8, 4) is 0 Å². The van der Waals surface area contributed by atoms with Crippen molar-refractivity contribution >= 4 is 15.7 Å². The Morgan fingerprint density at radius 1 is 1.15 bits per heavy atom. The first-order valence-corrected chi connectivity index (χ1v) is 10.6. The van der Waals surface area contributed by atoms with E-state index in [0.717, 1.165) is 6.07 Å². The number of benzene rings is 1. The number of hydrogen-bond acceptors (Lipinski definition) is 4. The van der Waals surface area contributed by atoms with Gasteiger partial charge in [-0.25, -0.2) is 21.6 Å². The summed E-state index contributed by atoms with van der Waals surface area (Å²) in [4.78, 5) is 13.7. The lowest BCUT2D eigenvalue weighted by Crippen LogP contribution is -2.46. The van der Waals surface area contributed by atoms with Gasteiger partial charge in [0, 0.05) is 25.2 Å². The molecule has 1 aromatic rings. The zero-order valence-corrected chi connectivity index (χ0v) is 16.2. The Bertz CT molecular complexity index is 791. The van der Waals surface area contributed by atoms with Crippen LogP contribution in [-0.4, -0.2) is 49.4 Å². The second kappa shape index (κ2) is 8.60. The Morgan fingerprint density at radius 2 is 1.70 bits per heavy atom. The van der Waals surface area contributed by atoms with Gasteiger partial charge in [-0.05, 0) is 50.7 Å². The van der Waals surface area contributed by atoms with Crippen LogP contribution in [0, 0.1) is 23.4 Å². The van der Waals surface area contributed by atoms with Crippen LogP contribution in [0.1, 0.15) is 32.3 Å². The number of nitrogens with zero attached hydrogens (tertiary/aromatic N) is 1. The molecule has 152 valence electrons. The monoisotopic (exact) mass is 406 g/mol. The summed E-state index contributed by atoms with van der Waals surface area (Å²) in [5, 5.41) is -0.613. The molecule has 0 spiro atoms. The number of piperidine rings is 1. The van der Waals surface area contributed by atoms with Gasteiger partial charge in [0.2, 0.25) is 5.91 Å². The molecule has 1 fully saturated rings. The molecule has 1 heterocycles. The first-order valence-electron chi connectivity index (χ1n) is 8.89. The lowest BCUT2D eigenvalue weighted by atomic mass is 9.86. The number of hydrogen-bond donors (Lipinski definition) is 1. The van der Waals surface area contributed by atoms with E-state index >= 15 is 0 Å². The fourth-order valence-corrected chi connectivity index (χ4v) is 4.01. The summed E-state index contributed by atoms with van der Waals surface area (Å²) in [5.41, 5.74) is 6.13. The summed E-state index contributed by atoms with van der Waals surface area (Å²) in [6.07, 6.45) is 1.14. The maximum atomic E-state index is 13.8. The fourth-order valence-electron chi connectivity index (χ4n) is 3.15. The first kappa shape index (κ1) is 21.7. The molecule has 2 rings (SSSR count). The van der Waals surface area contributed by atoms with Gasteiger partial charge < -0.3 is 10.6 Å². The van der Waals surface area contributed by atoms with Crippen LogP contribution in [0.3, 0.4) is 0 Å². The molecule has 1 aliphatic rings. The van der Waals surface area contributed by atoms with E-state index in [1.54, 1.807) is 0 Å². The summed E-state index contributed by atoms with van der Waals surface area (Å²) >= 11 is 0. The van der Waals surface area contributed by atoms with Gasteiger partial charge in [-0.2, -0.15) is 0 Å². The molecule has 1 amide bonds. The third kappa shape index (κ3) is 5.44. The van der Waals surface area contributed by atoms with Gasteiger partial charge in [-0.1, -0.05) is 0 Å². The van der Waals surface area contributed by atoms with E-state index < -0.39 is 50.2 Å². The van der Waals surface area contributed by atoms with Crippen LogP contribution in [0.5, 0.6) is 0 Å². The van der Waals surface area contributed by atoms with Gasteiger partial charge in [-0.3, -0.25) is 4.79 Å². The van der Waals surface area contributed by atoms with Gasteiger partial charge in [0.05, 0.1) is 5.25 Å². The van der Waals surface area contributed by atoms with Crippen molar-refractivity contribution in [2.24, 2.45) is 11.7 Å². The second-order valence-electron chi connectivity index (χ2n) is 7.30. The van der Waals surface area contributed by atoms with E-state index in [1.165, 1.54) is 18.7 Å². The molecular formula is C18H25F3N2O3S. The van der Waals surface area contributed by atoms with Crippen LogP contribution in [0.25, 0.3) is 0 Å². The van der Waals surface area contributed by atoms with Gasteiger partial charge in [-0.15, -0.1) is 0 Å². The van der Waals surface area contributed by atoms with E-state index in [1.807, 2.05) is 0 Å². The maximum absolute atomic E-state index is 13.8. The van der Waals surface area contributed by atoms with Crippen LogP contribution in [0.15, 0.2) is 12.1 Å². The van der Waals surface area contributed by atoms with Crippen molar-refractivity contribution in [3.05, 3.63) is 35.1 Å². The average molecular weight is 406 g/mol. The van der Waals surface area contributed by atoms with Crippen molar-refractivity contribution in [2.45, 2.75) is 44.4 Å². The third-order valence-electron chi connectivity index (χ3n) is 5.09. The smallest absolute Gasteiger partial charge is 0.237 e. The van der Waals surface area contributed by atoms with Crippen LogP contribution < -0.4 is 5.73 Å². The molecule has 1 saturated heterocycles. The SMILES string of the molecule is CC(C)S(=O)(=O)CC(=O)N1CCC([C@H](N)Cc2cc(F)c(F)cc2F)CC1. The number of likely N-dealkylation sites (tertiary alicyclic amines) is 1. The van der Waals surface area contributed by atoms with E-state index in [-0.39, 0.29) is 17.9 Å². The van der Waals surface area contributed by atoms with Crippen molar-refractivity contribution in [3.63, 3.8) is 0 Å². The first-order chi connectivity index (χ1) is 12.5. The van der Waals surface area contributed by atoms with Gasteiger partial charge in [0.15, 0.2) is 21.5 Å². The number of sulfone groups is 1. The molecule has 1 atom stereocenters. The molecule has 0 aliphatic carbocycles. The zero-order chi connectivity index (χ0) is 20.4.